The van der Waals surface area contributed by atoms with Gasteiger partial charge < -0.3 is 9.47 Å². The van der Waals surface area contributed by atoms with E-state index in [0.29, 0.717) is 43.5 Å². The number of ether oxygens (including phenoxy) is 2. The van der Waals surface area contributed by atoms with E-state index in [-0.39, 0.29) is 12.2 Å². The van der Waals surface area contributed by atoms with Crippen molar-refractivity contribution in [1.82, 2.24) is 4.57 Å². The van der Waals surface area contributed by atoms with E-state index in [1.807, 2.05) is 49.4 Å². The lowest BCUT2D eigenvalue weighted by Gasteiger charge is -2.25. The Morgan fingerprint density at radius 1 is 1.11 bits per heavy atom. The van der Waals surface area contributed by atoms with E-state index in [4.69, 9.17) is 21.1 Å². The van der Waals surface area contributed by atoms with Crippen molar-refractivity contribution in [2.75, 3.05) is 13.2 Å². The molecule has 0 fully saturated rings. The molecule has 0 N–H and O–H groups in total. The first-order valence-electron chi connectivity index (χ1n) is 12.0. The summed E-state index contributed by atoms with van der Waals surface area (Å²) in [6.45, 7) is 6.14. The predicted octanol–water partition coefficient (Wildman–Crippen LogP) is 5.00. The zero-order valence-corrected chi connectivity index (χ0v) is 22.2. The van der Waals surface area contributed by atoms with Crippen LogP contribution in [0.3, 0.4) is 0 Å². The number of carbonyl (C=O) groups is 1. The molecule has 3 aromatic carbocycles. The van der Waals surface area contributed by atoms with Crippen molar-refractivity contribution < 1.29 is 14.3 Å². The van der Waals surface area contributed by atoms with Gasteiger partial charge in [0.15, 0.2) is 4.80 Å². The Balaban J connectivity index is 1.79. The SMILES string of the molecule is CCOC(=O)C1=C(C)N=c2s/c(=C/c3cc(Cl)ccc3OCC)c(=O)n2[C@@H]1c1cccc2ccccc12. The van der Waals surface area contributed by atoms with Gasteiger partial charge in [0.25, 0.3) is 5.56 Å². The molecule has 8 heteroatoms. The molecule has 0 bridgehead atoms. The van der Waals surface area contributed by atoms with Gasteiger partial charge in [0, 0.05) is 10.6 Å². The number of hydrogen-bond donors (Lipinski definition) is 0. The molecule has 37 heavy (non-hydrogen) atoms. The maximum absolute atomic E-state index is 14.0. The summed E-state index contributed by atoms with van der Waals surface area (Å²) >= 11 is 7.52. The number of nitrogens with zero attached hydrogens (tertiary/aromatic N) is 2. The number of hydrogen-bond acceptors (Lipinski definition) is 6. The van der Waals surface area contributed by atoms with Gasteiger partial charge >= 0.3 is 5.97 Å². The maximum atomic E-state index is 14.0. The van der Waals surface area contributed by atoms with Gasteiger partial charge in [-0.2, -0.15) is 0 Å². The van der Waals surface area contributed by atoms with Crippen LogP contribution in [-0.2, 0) is 9.53 Å². The molecule has 4 aromatic rings. The maximum Gasteiger partial charge on any atom is 0.338 e. The third-order valence-corrected chi connectivity index (χ3v) is 7.41. The fraction of sp³-hybridized carbons (Fsp3) is 0.207. The predicted molar refractivity (Wildman–Crippen MR) is 147 cm³/mol. The number of fused-ring (bicyclic) bond motifs is 2. The summed E-state index contributed by atoms with van der Waals surface area (Å²) in [5, 5.41) is 2.51. The lowest BCUT2D eigenvalue weighted by Crippen LogP contribution is -2.40. The van der Waals surface area contributed by atoms with E-state index >= 15 is 0 Å². The Morgan fingerprint density at radius 3 is 2.68 bits per heavy atom. The highest BCUT2D eigenvalue weighted by molar-refractivity contribution is 7.07. The highest BCUT2D eigenvalue weighted by Crippen LogP contribution is 2.35. The number of aromatic nitrogens is 1. The van der Waals surface area contributed by atoms with Gasteiger partial charge in [-0.1, -0.05) is 65.4 Å². The van der Waals surface area contributed by atoms with Crippen LogP contribution in [0.4, 0.5) is 0 Å². The van der Waals surface area contributed by atoms with Crippen molar-refractivity contribution in [2.24, 2.45) is 4.99 Å². The fourth-order valence-electron chi connectivity index (χ4n) is 4.63. The minimum Gasteiger partial charge on any atom is -0.493 e. The summed E-state index contributed by atoms with van der Waals surface area (Å²) in [7, 11) is 0. The van der Waals surface area contributed by atoms with Crippen molar-refractivity contribution in [3.8, 4) is 5.75 Å². The number of thiazole rings is 1. The molecule has 0 amide bonds. The Kier molecular flexibility index (Phi) is 7.00. The van der Waals surface area contributed by atoms with Crippen LogP contribution in [0, 0.1) is 0 Å². The summed E-state index contributed by atoms with van der Waals surface area (Å²) in [5.41, 5.74) is 2.17. The van der Waals surface area contributed by atoms with E-state index in [0.717, 1.165) is 16.3 Å². The van der Waals surface area contributed by atoms with Crippen LogP contribution in [-0.4, -0.2) is 23.8 Å². The van der Waals surface area contributed by atoms with Crippen LogP contribution in [0.1, 0.15) is 37.9 Å². The molecule has 0 spiro atoms. The third-order valence-electron chi connectivity index (χ3n) is 6.19. The van der Waals surface area contributed by atoms with Crippen molar-refractivity contribution >= 4 is 45.8 Å². The molecule has 1 aromatic heterocycles. The molecule has 1 aliphatic rings. The number of benzene rings is 3. The van der Waals surface area contributed by atoms with Gasteiger partial charge in [-0.3, -0.25) is 9.36 Å². The molecule has 6 nitrogen and oxygen atoms in total. The van der Waals surface area contributed by atoms with Crippen molar-refractivity contribution in [2.45, 2.75) is 26.8 Å². The average Bonchev–Trinajstić information content (AvgIpc) is 3.19. The minimum absolute atomic E-state index is 0.220. The van der Waals surface area contributed by atoms with Crippen molar-refractivity contribution in [3.05, 3.63) is 108 Å². The molecular formula is C29H25ClN2O4S. The molecule has 0 unspecified atom stereocenters. The minimum atomic E-state index is -0.686. The Bertz CT molecular complexity index is 1730. The molecule has 2 heterocycles. The van der Waals surface area contributed by atoms with E-state index in [9.17, 15) is 9.59 Å². The van der Waals surface area contributed by atoms with E-state index in [1.165, 1.54) is 11.3 Å². The first kappa shape index (κ1) is 25.0. The number of carbonyl (C=O) groups excluding carboxylic acids is 1. The van der Waals surface area contributed by atoms with Gasteiger partial charge in [0.05, 0.1) is 35.1 Å². The van der Waals surface area contributed by atoms with Crippen LogP contribution in [0.25, 0.3) is 16.8 Å². The first-order chi connectivity index (χ1) is 17.9. The normalized spacial score (nSPS) is 15.5. The van der Waals surface area contributed by atoms with E-state index in [1.54, 1.807) is 42.7 Å². The van der Waals surface area contributed by atoms with E-state index in [2.05, 4.69) is 4.99 Å². The summed E-state index contributed by atoms with van der Waals surface area (Å²) in [6.07, 6.45) is 1.77. The monoisotopic (exact) mass is 532 g/mol. The van der Waals surface area contributed by atoms with Crippen LogP contribution in [0.2, 0.25) is 5.02 Å². The zero-order valence-electron chi connectivity index (χ0n) is 20.7. The summed E-state index contributed by atoms with van der Waals surface area (Å²) in [5.74, 6) is 0.149. The van der Waals surface area contributed by atoms with Crippen LogP contribution < -0.4 is 19.6 Å². The Morgan fingerprint density at radius 2 is 1.89 bits per heavy atom. The Labute approximate surface area is 222 Å². The van der Waals surface area contributed by atoms with Crippen LogP contribution in [0.5, 0.6) is 5.75 Å². The highest BCUT2D eigenvalue weighted by atomic mass is 35.5. The lowest BCUT2D eigenvalue weighted by atomic mass is 9.91. The van der Waals surface area contributed by atoms with Gasteiger partial charge in [0.1, 0.15) is 5.75 Å². The number of rotatable bonds is 6. The molecule has 0 radical (unpaired) electrons. The summed E-state index contributed by atoms with van der Waals surface area (Å²) < 4.78 is 13.2. The highest BCUT2D eigenvalue weighted by Gasteiger charge is 2.34. The number of halogens is 1. The van der Waals surface area contributed by atoms with Crippen LogP contribution in [0.15, 0.2) is 81.7 Å². The second kappa shape index (κ2) is 10.4. The molecule has 0 aliphatic carbocycles. The largest absolute Gasteiger partial charge is 0.493 e. The third kappa shape index (κ3) is 4.61. The fourth-order valence-corrected chi connectivity index (χ4v) is 5.85. The summed E-state index contributed by atoms with van der Waals surface area (Å²) in [4.78, 5) is 32.4. The van der Waals surface area contributed by atoms with E-state index < -0.39 is 12.0 Å². The zero-order chi connectivity index (χ0) is 26.1. The molecule has 0 saturated heterocycles. The standard InChI is InChI=1S/C29H25ClN2O4S/c1-4-35-23-14-13-20(30)15-19(23)16-24-27(33)32-26(22-12-8-10-18-9-6-7-11-21(18)22)25(28(34)36-5-2)17(3)31-29(32)37-24/h6-16,26H,4-5H2,1-3H3/b24-16+/t26-/m1/s1. The topological polar surface area (TPSA) is 69.9 Å². The molecule has 0 saturated carbocycles. The quantitative estimate of drug-likeness (QED) is 0.328. The van der Waals surface area contributed by atoms with Crippen molar-refractivity contribution in [1.29, 1.82) is 0 Å². The molecule has 188 valence electrons. The molecule has 5 rings (SSSR count). The van der Waals surface area contributed by atoms with Gasteiger partial charge in [-0.15, -0.1) is 0 Å². The second-order valence-electron chi connectivity index (χ2n) is 8.49. The van der Waals surface area contributed by atoms with Gasteiger partial charge in [-0.05, 0) is 61.4 Å². The number of esters is 1. The average molecular weight is 533 g/mol. The van der Waals surface area contributed by atoms with Gasteiger partial charge in [0.2, 0.25) is 0 Å². The first-order valence-corrected chi connectivity index (χ1v) is 13.2. The lowest BCUT2D eigenvalue weighted by molar-refractivity contribution is -0.139. The molecule has 1 atom stereocenters. The van der Waals surface area contributed by atoms with Crippen LogP contribution >= 0.6 is 22.9 Å². The second-order valence-corrected chi connectivity index (χ2v) is 9.93. The molecule has 1 aliphatic heterocycles. The smallest absolute Gasteiger partial charge is 0.338 e. The Hall–Kier alpha value is -3.68. The van der Waals surface area contributed by atoms with Crippen molar-refractivity contribution in [3.63, 3.8) is 0 Å². The summed E-state index contributed by atoms with van der Waals surface area (Å²) in [6, 6.07) is 18.4. The van der Waals surface area contributed by atoms with Gasteiger partial charge in [-0.25, -0.2) is 9.79 Å². The number of allylic oxidation sites excluding steroid dienone is 1. The molecular weight excluding hydrogens is 508 g/mol.